The van der Waals surface area contributed by atoms with Gasteiger partial charge in [-0.3, -0.25) is 4.98 Å². The number of halogens is 1. The van der Waals surface area contributed by atoms with Gasteiger partial charge in [-0.1, -0.05) is 6.42 Å². The third kappa shape index (κ3) is 2.41. The first-order chi connectivity index (χ1) is 8.22. The molecular weight excluding hydrogens is 278 g/mol. The van der Waals surface area contributed by atoms with Gasteiger partial charge in [-0.15, -0.1) is 0 Å². The van der Waals surface area contributed by atoms with Crippen LogP contribution in [0, 0.1) is 17.8 Å². The van der Waals surface area contributed by atoms with Crippen molar-refractivity contribution in [3.8, 4) is 0 Å². The summed E-state index contributed by atoms with van der Waals surface area (Å²) in [5, 5.41) is 10.2. The minimum absolute atomic E-state index is 0.382. The number of aliphatic hydroxyl groups excluding tert-OH is 1. The highest BCUT2D eigenvalue weighted by Crippen LogP contribution is 2.50. The zero-order chi connectivity index (χ0) is 11.8. The molecule has 17 heavy (non-hydrogen) atoms. The molecule has 2 aliphatic rings. The van der Waals surface area contributed by atoms with E-state index in [2.05, 4.69) is 20.9 Å². The molecule has 4 atom stereocenters. The van der Waals surface area contributed by atoms with Gasteiger partial charge in [0.2, 0.25) is 0 Å². The van der Waals surface area contributed by atoms with Gasteiger partial charge in [-0.05, 0) is 71.5 Å². The second-order valence-corrected chi connectivity index (χ2v) is 6.50. The molecule has 1 aromatic heterocycles. The summed E-state index contributed by atoms with van der Waals surface area (Å²) in [5.41, 5.74) is 0.816. The molecule has 0 spiro atoms. The van der Waals surface area contributed by atoms with Gasteiger partial charge in [0.1, 0.15) is 0 Å². The lowest BCUT2D eigenvalue weighted by molar-refractivity contribution is 0.122. The van der Waals surface area contributed by atoms with Crippen LogP contribution in [0.2, 0.25) is 0 Å². The van der Waals surface area contributed by atoms with Crippen LogP contribution in [0.5, 0.6) is 0 Å². The van der Waals surface area contributed by atoms with Crippen LogP contribution >= 0.6 is 15.9 Å². The van der Waals surface area contributed by atoms with Gasteiger partial charge in [-0.25, -0.2) is 0 Å². The van der Waals surface area contributed by atoms with Crippen LogP contribution in [-0.4, -0.2) is 10.1 Å². The van der Waals surface area contributed by atoms with Crippen LogP contribution in [0.3, 0.4) is 0 Å². The van der Waals surface area contributed by atoms with Crippen LogP contribution in [-0.2, 0) is 0 Å². The van der Waals surface area contributed by atoms with Crippen LogP contribution in [0.15, 0.2) is 22.8 Å². The quantitative estimate of drug-likeness (QED) is 0.922. The molecule has 2 aliphatic carbocycles. The lowest BCUT2D eigenvalue weighted by Gasteiger charge is -2.23. The van der Waals surface area contributed by atoms with Crippen LogP contribution in [0.4, 0.5) is 0 Å². The van der Waals surface area contributed by atoms with E-state index in [-0.39, 0.29) is 6.10 Å². The summed E-state index contributed by atoms with van der Waals surface area (Å²) in [6.07, 6.45) is 7.83. The van der Waals surface area contributed by atoms with Crippen molar-refractivity contribution in [3.63, 3.8) is 0 Å². The number of aromatic nitrogens is 1. The highest BCUT2D eigenvalue weighted by Gasteiger charge is 2.40. The van der Waals surface area contributed by atoms with Crippen LogP contribution < -0.4 is 0 Å². The van der Waals surface area contributed by atoms with Crippen molar-refractivity contribution in [2.24, 2.45) is 17.8 Å². The largest absolute Gasteiger partial charge is 0.387 e. The summed E-state index contributed by atoms with van der Waals surface area (Å²) in [7, 11) is 0. The average molecular weight is 296 g/mol. The SMILES string of the molecule is OC(CC1CC2CCC1C2)c1ccc(Br)cn1. The molecule has 3 heteroatoms. The first-order valence-electron chi connectivity index (χ1n) is 6.52. The van der Waals surface area contributed by atoms with Crippen molar-refractivity contribution in [2.75, 3.05) is 0 Å². The predicted octanol–water partition coefficient (Wildman–Crippen LogP) is 3.70. The molecule has 2 nitrogen and oxygen atoms in total. The highest BCUT2D eigenvalue weighted by atomic mass is 79.9. The third-order valence-electron chi connectivity index (χ3n) is 4.50. The summed E-state index contributed by atoms with van der Waals surface area (Å²) in [5.74, 6) is 2.56. The molecule has 0 saturated heterocycles. The summed E-state index contributed by atoms with van der Waals surface area (Å²) in [4.78, 5) is 4.29. The maximum atomic E-state index is 10.2. The number of hydrogen-bond acceptors (Lipinski definition) is 2. The van der Waals surface area contributed by atoms with E-state index in [0.717, 1.165) is 34.3 Å². The first-order valence-corrected chi connectivity index (χ1v) is 7.31. The molecule has 1 N–H and O–H groups in total. The van der Waals surface area contributed by atoms with Crippen LogP contribution in [0.1, 0.15) is 43.9 Å². The normalized spacial score (nSPS) is 32.9. The molecule has 2 bridgehead atoms. The molecule has 0 aromatic carbocycles. The Hall–Kier alpha value is -0.410. The number of rotatable bonds is 3. The van der Waals surface area contributed by atoms with E-state index >= 15 is 0 Å². The van der Waals surface area contributed by atoms with E-state index in [1.165, 1.54) is 25.7 Å². The third-order valence-corrected chi connectivity index (χ3v) is 4.97. The van der Waals surface area contributed by atoms with Gasteiger partial charge >= 0.3 is 0 Å². The average Bonchev–Trinajstić information content (AvgIpc) is 2.91. The van der Waals surface area contributed by atoms with Crippen molar-refractivity contribution in [1.82, 2.24) is 4.98 Å². The van der Waals surface area contributed by atoms with Crippen molar-refractivity contribution in [2.45, 2.75) is 38.2 Å². The van der Waals surface area contributed by atoms with Crippen LogP contribution in [0.25, 0.3) is 0 Å². The Morgan fingerprint density at radius 2 is 2.24 bits per heavy atom. The Morgan fingerprint density at radius 1 is 1.35 bits per heavy atom. The van der Waals surface area contributed by atoms with E-state index in [1.807, 2.05) is 12.1 Å². The van der Waals surface area contributed by atoms with E-state index in [1.54, 1.807) is 6.20 Å². The molecule has 2 fully saturated rings. The summed E-state index contributed by atoms with van der Waals surface area (Å²) >= 11 is 3.37. The number of fused-ring (bicyclic) bond motifs is 2. The second kappa shape index (κ2) is 4.69. The summed E-state index contributed by atoms with van der Waals surface area (Å²) < 4.78 is 0.966. The van der Waals surface area contributed by atoms with Crippen molar-refractivity contribution in [3.05, 3.63) is 28.5 Å². The number of pyridine rings is 1. The summed E-state index contributed by atoms with van der Waals surface area (Å²) in [6.45, 7) is 0. The lowest BCUT2D eigenvalue weighted by atomic mass is 9.84. The molecule has 1 heterocycles. The molecule has 0 radical (unpaired) electrons. The fourth-order valence-corrected chi connectivity index (χ4v) is 3.89. The molecular formula is C14H18BrNO. The molecule has 0 aliphatic heterocycles. The van der Waals surface area contributed by atoms with Gasteiger partial charge in [0.05, 0.1) is 11.8 Å². The topological polar surface area (TPSA) is 33.1 Å². The maximum Gasteiger partial charge on any atom is 0.0962 e. The molecule has 92 valence electrons. The van der Waals surface area contributed by atoms with Gasteiger partial charge in [-0.2, -0.15) is 0 Å². The van der Waals surface area contributed by atoms with Crippen molar-refractivity contribution < 1.29 is 5.11 Å². The molecule has 1 aromatic rings. The number of aliphatic hydroxyl groups is 1. The number of hydrogen-bond donors (Lipinski definition) is 1. The minimum Gasteiger partial charge on any atom is -0.387 e. The van der Waals surface area contributed by atoms with Gasteiger partial charge in [0, 0.05) is 10.7 Å². The molecule has 0 amide bonds. The summed E-state index contributed by atoms with van der Waals surface area (Å²) in [6, 6.07) is 3.87. The smallest absolute Gasteiger partial charge is 0.0962 e. The number of nitrogens with zero attached hydrogens (tertiary/aromatic N) is 1. The van der Waals surface area contributed by atoms with E-state index in [9.17, 15) is 5.11 Å². The van der Waals surface area contributed by atoms with Gasteiger partial charge in [0.25, 0.3) is 0 Å². The molecule has 2 saturated carbocycles. The lowest BCUT2D eigenvalue weighted by Crippen LogP contribution is -2.14. The molecule has 3 rings (SSSR count). The fourth-order valence-electron chi connectivity index (χ4n) is 3.66. The Morgan fingerprint density at radius 3 is 2.82 bits per heavy atom. The zero-order valence-corrected chi connectivity index (χ0v) is 11.4. The van der Waals surface area contributed by atoms with Gasteiger partial charge < -0.3 is 5.11 Å². The van der Waals surface area contributed by atoms with Gasteiger partial charge in [0.15, 0.2) is 0 Å². The Labute approximate surface area is 111 Å². The highest BCUT2D eigenvalue weighted by molar-refractivity contribution is 9.10. The minimum atomic E-state index is -0.382. The van der Waals surface area contributed by atoms with Crippen molar-refractivity contribution in [1.29, 1.82) is 0 Å². The zero-order valence-electron chi connectivity index (χ0n) is 9.85. The fraction of sp³-hybridized carbons (Fsp3) is 0.643. The maximum absolute atomic E-state index is 10.2. The molecule has 4 unspecified atom stereocenters. The Balaban J connectivity index is 1.63. The second-order valence-electron chi connectivity index (χ2n) is 5.59. The van der Waals surface area contributed by atoms with E-state index in [4.69, 9.17) is 0 Å². The Bertz CT molecular complexity index is 392. The Kier molecular flexibility index (Phi) is 3.22. The van der Waals surface area contributed by atoms with E-state index < -0.39 is 0 Å². The van der Waals surface area contributed by atoms with Crippen molar-refractivity contribution >= 4 is 15.9 Å². The van der Waals surface area contributed by atoms with E-state index in [0.29, 0.717) is 0 Å². The monoisotopic (exact) mass is 295 g/mol. The predicted molar refractivity (Wildman–Crippen MR) is 70.5 cm³/mol. The first kappa shape index (κ1) is 11.7. The standard InChI is InChI=1S/C14H18BrNO/c15-12-3-4-13(16-8-12)14(17)7-11-6-9-1-2-10(11)5-9/h3-4,8-11,14,17H,1-2,5-7H2.